The van der Waals surface area contributed by atoms with Crippen LogP contribution in [0.5, 0.6) is 5.75 Å². The number of anilines is 1. The van der Waals surface area contributed by atoms with Crippen molar-refractivity contribution in [3.63, 3.8) is 0 Å². The molecule has 1 fully saturated rings. The van der Waals surface area contributed by atoms with Crippen molar-refractivity contribution in [1.82, 2.24) is 19.7 Å². The van der Waals surface area contributed by atoms with Crippen LogP contribution in [0, 0.1) is 0 Å². The molecular formula is C27H26ClN5O3. The minimum Gasteiger partial charge on any atom is -0.507 e. The first-order valence-electron chi connectivity index (χ1n) is 11.8. The molecule has 1 aliphatic rings. The Balaban J connectivity index is 1.42. The Morgan fingerprint density at radius 3 is 2.61 bits per heavy atom. The summed E-state index contributed by atoms with van der Waals surface area (Å²) in [6.45, 7) is 0.268. The van der Waals surface area contributed by atoms with Crippen LogP contribution in [0.15, 0.2) is 66.9 Å². The van der Waals surface area contributed by atoms with Gasteiger partial charge in [0.25, 0.3) is 5.91 Å². The molecule has 4 aromatic rings. The number of nitrogens with zero attached hydrogens (tertiary/aromatic N) is 3. The number of hydrogen-bond acceptors (Lipinski definition) is 4. The lowest BCUT2D eigenvalue weighted by atomic mass is 9.82. The van der Waals surface area contributed by atoms with E-state index in [1.165, 1.54) is 10.7 Å². The second kappa shape index (κ2) is 9.91. The Morgan fingerprint density at radius 2 is 1.92 bits per heavy atom. The third kappa shape index (κ3) is 4.72. The number of phenols is 1. The Kier molecular flexibility index (Phi) is 6.52. The molecule has 0 spiro atoms. The summed E-state index contributed by atoms with van der Waals surface area (Å²) in [6, 6.07) is 17.1. The van der Waals surface area contributed by atoms with Crippen molar-refractivity contribution < 1.29 is 14.7 Å². The van der Waals surface area contributed by atoms with Gasteiger partial charge in [-0.15, -0.1) is 0 Å². The number of nitrogens with one attached hydrogen (secondary N) is 2. The molecule has 1 saturated carbocycles. The molecule has 36 heavy (non-hydrogen) atoms. The van der Waals surface area contributed by atoms with E-state index in [-0.39, 0.29) is 30.2 Å². The zero-order chi connectivity index (χ0) is 25.2. The summed E-state index contributed by atoms with van der Waals surface area (Å²) in [5.74, 6) is -0.0355. The quantitative estimate of drug-likeness (QED) is 0.301. The number of rotatable bonds is 6. The third-order valence-corrected chi connectivity index (χ3v) is 6.92. The highest BCUT2D eigenvalue weighted by Gasteiger charge is 2.28. The molecule has 184 valence electrons. The number of aromatic hydroxyl groups is 1. The van der Waals surface area contributed by atoms with Crippen LogP contribution in [0.3, 0.4) is 0 Å². The minimum absolute atomic E-state index is 0.00755. The molecule has 3 N–H and O–H groups in total. The number of carbonyl (C=O) groups excluding carboxylic acids is 2. The van der Waals surface area contributed by atoms with Gasteiger partial charge < -0.3 is 20.3 Å². The molecule has 0 bridgehead atoms. The topological polar surface area (TPSA) is 101 Å². The second-order valence-electron chi connectivity index (χ2n) is 8.93. The summed E-state index contributed by atoms with van der Waals surface area (Å²) in [7, 11) is 1.79. The Morgan fingerprint density at radius 1 is 1.11 bits per heavy atom. The predicted molar refractivity (Wildman–Crippen MR) is 138 cm³/mol. The highest BCUT2D eigenvalue weighted by molar-refractivity contribution is 6.31. The standard InChI is InChI=1S/C27H26ClN5O3/c1-32-13-5-10-23(32)26(35)30-19-11-12-25(34)20(14-19)22-15-24(17-7-4-8-17)33(31-22)27(36)29-16-18-6-2-3-9-21(18)28/h2-3,5-6,9-15,17,34H,4,7-8,16H2,1H3,(H,29,36)(H,30,35). The number of halogens is 1. The molecule has 9 heteroatoms. The molecule has 0 saturated heterocycles. The molecule has 0 aliphatic heterocycles. The maximum atomic E-state index is 13.1. The van der Waals surface area contributed by atoms with Crippen molar-refractivity contribution in [3.8, 4) is 17.0 Å². The van der Waals surface area contributed by atoms with Crippen molar-refractivity contribution in [1.29, 1.82) is 0 Å². The van der Waals surface area contributed by atoms with E-state index in [9.17, 15) is 14.7 Å². The predicted octanol–water partition coefficient (Wildman–Crippen LogP) is 5.53. The lowest BCUT2D eigenvalue weighted by Gasteiger charge is -2.25. The first kappa shape index (κ1) is 23.7. The summed E-state index contributed by atoms with van der Waals surface area (Å²) in [5, 5.41) is 21.5. The van der Waals surface area contributed by atoms with Crippen molar-refractivity contribution >= 4 is 29.2 Å². The van der Waals surface area contributed by atoms with Gasteiger partial charge in [-0.2, -0.15) is 9.78 Å². The number of phenolic OH excluding ortho intramolecular Hbond substituents is 1. The fourth-order valence-corrected chi connectivity index (χ4v) is 4.49. The third-order valence-electron chi connectivity index (χ3n) is 6.55. The van der Waals surface area contributed by atoms with Gasteiger partial charge in [0.05, 0.1) is 11.4 Å². The number of amides is 2. The monoisotopic (exact) mass is 503 g/mol. The minimum atomic E-state index is -0.365. The van der Waals surface area contributed by atoms with Crippen molar-refractivity contribution in [2.45, 2.75) is 31.7 Å². The summed E-state index contributed by atoms with van der Waals surface area (Å²) in [6.07, 6.45) is 4.84. The summed E-state index contributed by atoms with van der Waals surface area (Å²) in [4.78, 5) is 25.8. The lowest BCUT2D eigenvalue weighted by molar-refractivity contribution is 0.101. The van der Waals surface area contributed by atoms with Gasteiger partial charge in [0.2, 0.25) is 0 Å². The highest BCUT2D eigenvalue weighted by Crippen LogP contribution is 2.39. The zero-order valence-electron chi connectivity index (χ0n) is 19.7. The van der Waals surface area contributed by atoms with Gasteiger partial charge in [-0.3, -0.25) is 4.79 Å². The van der Waals surface area contributed by atoms with Crippen LogP contribution in [-0.2, 0) is 13.6 Å². The molecule has 0 radical (unpaired) electrons. The maximum Gasteiger partial charge on any atom is 0.342 e. The maximum absolute atomic E-state index is 13.1. The van der Waals surface area contributed by atoms with E-state index in [4.69, 9.17) is 11.6 Å². The molecular weight excluding hydrogens is 478 g/mol. The summed E-state index contributed by atoms with van der Waals surface area (Å²) in [5.41, 5.74) is 3.51. The number of aryl methyl sites for hydroxylation is 1. The molecule has 2 heterocycles. The Bertz CT molecular complexity index is 1440. The lowest BCUT2D eigenvalue weighted by Crippen LogP contribution is -2.31. The van der Waals surface area contributed by atoms with E-state index in [1.54, 1.807) is 48.1 Å². The molecule has 5 rings (SSSR count). The van der Waals surface area contributed by atoms with E-state index < -0.39 is 0 Å². The molecule has 2 amide bonds. The Hall–Kier alpha value is -4.04. The second-order valence-corrected chi connectivity index (χ2v) is 9.34. The zero-order valence-corrected chi connectivity index (χ0v) is 20.5. The highest BCUT2D eigenvalue weighted by atomic mass is 35.5. The number of benzene rings is 2. The molecule has 1 aliphatic carbocycles. The molecule has 0 unspecified atom stereocenters. The van der Waals surface area contributed by atoms with E-state index in [1.807, 2.05) is 24.3 Å². The van der Waals surface area contributed by atoms with Crippen LogP contribution < -0.4 is 10.6 Å². The van der Waals surface area contributed by atoms with E-state index in [0.717, 1.165) is 30.5 Å². The van der Waals surface area contributed by atoms with Crippen molar-refractivity contribution in [3.05, 3.63) is 88.8 Å². The SMILES string of the molecule is Cn1cccc1C(=O)Nc1ccc(O)c(-c2cc(C3CCC3)n(C(=O)NCc3ccccc3Cl)n2)c1. The van der Waals surface area contributed by atoms with Crippen molar-refractivity contribution in [2.24, 2.45) is 7.05 Å². The van der Waals surface area contributed by atoms with Crippen LogP contribution in [0.2, 0.25) is 5.02 Å². The Labute approximate surface area is 213 Å². The summed E-state index contributed by atoms with van der Waals surface area (Å²) < 4.78 is 3.11. The first-order chi connectivity index (χ1) is 17.4. The average Bonchev–Trinajstić information content (AvgIpc) is 3.45. The smallest absolute Gasteiger partial charge is 0.342 e. The van der Waals surface area contributed by atoms with Gasteiger partial charge in [-0.05, 0) is 60.9 Å². The normalized spacial score (nSPS) is 13.3. The van der Waals surface area contributed by atoms with Crippen LogP contribution in [-0.4, -0.2) is 31.4 Å². The first-order valence-corrected chi connectivity index (χ1v) is 12.2. The van der Waals surface area contributed by atoms with Gasteiger partial charge in [0.15, 0.2) is 0 Å². The number of aromatic nitrogens is 3. The van der Waals surface area contributed by atoms with E-state index >= 15 is 0 Å². The van der Waals surface area contributed by atoms with E-state index in [2.05, 4.69) is 15.7 Å². The van der Waals surface area contributed by atoms with Crippen LogP contribution in [0.25, 0.3) is 11.3 Å². The van der Waals surface area contributed by atoms with Gasteiger partial charge >= 0.3 is 6.03 Å². The molecule has 2 aromatic heterocycles. The van der Waals surface area contributed by atoms with Crippen molar-refractivity contribution in [2.75, 3.05) is 5.32 Å². The van der Waals surface area contributed by atoms with Gasteiger partial charge in [-0.1, -0.05) is 36.2 Å². The number of hydrogen-bond donors (Lipinski definition) is 3. The average molecular weight is 504 g/mol. The molecule has 0 atom stereocenters. The molecule has 8 nitrogen and oxygen atoms in total. The largest absolute Gasteiger partial charge is 0.507 e. The fourth-order valence-electron chi connectivity index (χ4n) is 4.28. The number of carbonyl (C=O) groups is 2. The van der Waals surface area contributed by atoms with Crippen LogP contribution in [0.1, 0.15) is 46.9 Å². The summed E-state index contributed by atoms with van der Waals surface area (Å²) >= 11 is 6.23. The van der Waals surface area contributed by atoms with Gasteiger partial charge in [-0.25, -0.2) is 4.79 Å². The van der Waals surface area contributed by atoms with Gasteiger partial charge in [0.1, 0.15) is 11.4 Å². The van der Waals surface area contributed by atoms with E-state index in [0.29, 0.717) is 27.7 Å². The van der Waals surface area contributed by atoms with Crippen LogP contribution >= 0.6 is 11.6 Å². The molecule has 2 aromatic carbocycles. The fraction of sp³-hybridized carbons (Fsp3) is 0.222. The van der Waals surface area contributed by atoms with Crippen LogP contribution in [0.4, 0.5) is 10.5 Å². The van der Waals surface area contributed by atoms with Gasteiger partial charge in [0, 0.05) is 42.0 Å².